The maximum absolute atomic E-state index is 13.1. The van der Waals surface area contributed by atoms with Gasteiger partial charge in [0.2, 0.25) is 11.9 Å². The molecule has 7 nitrogen and oxygen atoms in total. The second-order valence-corrected chi connectivity index (χ2v) is 8.38. The van der Waals surface area contributed by atoms with Crippen molar-refractivity contribution in [3.05, 3.63) is 54.1 Å². The first kappa shape index (κ1) is 18.8. The summed E-state index contributed by atoms with van der Waals surface area (Å²) < 4.78 is 18.5. The van der Waals surface area contributed by atoms with Gasteiger partial charge in [-0.05, 0) is 42.2 Å². The third kappa shape index (κ3) is 3.26. The van der Waals surface area contributed by atoms with Crippen LogP contribution in [0.2, 0.25) is 0 Å². The van der Waals surface area contributed by atoms with Crippen molar-refractivity contribution in [2.75, 3.05) is 36.0 Å². The largest absolute Gasteiger partial charge is 0.442 e. The molecular formula is C22H23FN4O3. The van der Waals surface area contributed by atoms with Crippen LogP contribution in [-0.4, -0.2) is 49.3 Å². The fraction of sp³-hybridized carbons (Fsp3) is 0.409. The molecule has 2 unspecified atom stereocenters. The van der Waals surface area contributed by atoms with Gasteiger partial charge in [-0.3, -0.25) is 9.69 Å². The van der Waals surface area contributed by atoms with Crippen LogP contribution in [0.3, 0.4) is 0 Å². The maximum atomic E-state index is 13.1. The monoisotopic (exact) mass is 410 g/mol. The lowest BCUT2D eigenvalue weighted by Crippen LogP contribution is -2.33. The summed E-state index contributed by atoms with van der Waals surface area (Å²) in [4.78, 5) is 30.9. The van der Waals surface area contributed by atoms with Crippen LogP contribution in [0.25, 0.3) is 0 Å². The summed E-state index contributed by atoms with van der Waals surface area (Å²) in [6, 6.07) is 11.3. The number of aromatic nitrogens is 1. The molecular weight excluding hydrogens is 387 g/mol. The average molecular weight is 410 g/mol. The van der Waals surface area contributed by atoms with Crippen molar-refractivity contribution < 1.29 is 18.7 Å². The third-order valence-corrected chi connectivity index (χ3v) is 6.43. The van der Waals surface area contributed by atoms with E-state index in [2.05, 4.69) is 27.3 Å². The Morgan fingerprint density at radius 2 is 2.00 bits per heavy atom. The quantitative estimate of drug-likeness (QED) is 0.767. The number of hydrogen-bond acceptors (Lipinski definition) is 5. The second kappa shape index (κ2) is 6.97. The number of carbonyl (C=O) groups excluding carboxylic acids is 2. The number of hydrogen-bond donors (Lipinski definition) is 1. The Morgan fingerprint density at radius 1 is 1.23 bits per heavy atom. The first-order valence-electron chi connectivity index (χ1n) is 10.1. The summed E-state index contributed by atoms with van der Waals surface area (Å²) in [7, 11) is 0. The molecule has 3 heterocycles. The van der Waals surface area contributed by atoms with Crippen molar-refractivity contribution in [3.63, 3.8) is 0 Å². The van der Waals surface area contributed by atoms with E-state index >= 15 is 0 Å². The predicted octanol–water partition coefficient (Wildman–Crippen LogP) is 2.46. The number of amides is 2. The van der Waals surface area contributed by atoms with Gasteiger partial charge in [-0.2, -0.15) is 4.39 Å². The van der Waals surface area contributed by atoms with Crippen LogP contribution in [0.4, 0.5) is 20.6 Å². The van der Waals surface area contributed by atoms with Gasteiger partial charge in [-0.25, -0.2) is 9.78 Å². The molecule has 5 rings (SSSR count). The van der Waals surface area contributed by atoms with Gasteiger partial charge in [0.25, 0.3) is 0 Å². The number of nitrogens with zero attached hydrogens (tertiary/aromatic N) is 3. The number of pyridine rings is 1. The molecule has 1 aliphatic carbocycles. The zero-order valence-corrected chi connectivity index (χ0v) is 16.7. The van der Waals surface area contributed by atoms with E-state index in [0.717, 1.165) is 30.9 Å². The SMILES string of the molecule is CC(=O)NC[C@H]1CN(c2ccc(C34CC3CN(c3ccc(F)nc3)C4)cc2)C(=O)O1. The molecule has 1 aromatic carbocycles. The molecule has 0 bridgehead atoms. The zero-order valence-electron chi connectivity index (χ0n) is 16.7. The van der Waals surface area contributed by atoms with Gasteiger partial charge < -0.3 is 15.0 Å². The van der Waals surface area contributed by atoms with E-state index in [1.54, 1.807) is 17.2 Å². The summed E-state index contributed by atoms with van der Waals surface area (Å²) in [5.74, 6) is -0.0329. The number of fused-ring (bicyclic) bond motifs is 1. The Morgan fingerprint density at radius 3 is 2.70 bits per heavy atom. The zero-order chi connectivity index (χ0) is 20.9. The lowest BCUT2D eigenvalue weighted by Gasteiger charge is -2.23. The average Bonchev–Trinajstić information content (AvgIpc) is 3.10. The van der Waals surface area contributed by atoms with Gasteiger partial charge in [0, 0.05) is 31.1 Å². The normalized spacial score (nSPS) is 27.1. The summed E-state index contributed by atoms with van der Waals surface area (Å²) in [5, 5.41) is 2.68. The van der Waals surface area contributed by atoms with Crippen molar-refractivity contribution in [1.29, 1.82) is 0 Å². The van der Waals surface area contributed by atoms with Crippen LogP contribution in [-0.2, 0) is 14.9 Å². The molecule has 3 fully saturated rings. The highest BCUT2D eigenvalue weighted by molar-refractivity contribution is 5.89. The van der Waals surface area contributed by atoms with Crippen LogP contribution in [0.1, 0.15) is 18.9 Å². The molecule has 156 valence electrons. The van der Waals surface area contributed by atoms with E-state index in [1.165, 1.54) is 18.6 Å². The van der Waals surface area contributed by atoms with E-state index in [1.807, 2.05) is 12.1 Å². The minimum Gasteiger partial charge on any atom is -0.442 e. The van der Waals surface area contributed by atoms with Crippen molar-refractivity contribution in [2.45, 2.75) is 24.9 Å². The van der Waals surface area contributed by atoms with Gasteiger partial charge in [-0.1, -0.05) is 12.1 Å². The molecule has 0 spiro atoms. The predicted molar refractivity (Wildman–Crippen MR) is 109 cm³/mol. The van der Waals surface area contributed by atoms with Gasteiger partial charge in [0.15, 0.2) is 0 Å². The van der Waals surface area contributed by atoms with Crippen LogP contribution in [0.15, 0.2) is 42.6 Å². The van der Waals surface area contributed by atoms with Crippen molar-refractivity contribution in [1.82, 2.24) is 10.3 Å². The summed E-state index contributed by atoms with van der Waals surface area (Å²) in [5.41, 5.74) is 3.12. The number of carbonyl (C=O) groups is 2. The Bertz CT molecular complexity index is 981. The molecule has 30 heavy (non-hydrogen) atoms. The van der Waals surface area contributed by atoms with Gasteiger partial charge >= 0.3 is 6.09 Å². The minimum atomic E-state index is -0.465. The van der Waals surface area contributed by atoms with Crippen LogP contribution in [0.5, 0.6) is 0 Å². The highest BCUT2D eigenvalue weighted by Gasteiger charge is 2.60. The van der Waals surface area contributed by atoms with E-state index < -0.39 is 12.0 Å². The number of anilines is 2. The lowest BCUT2D eigenvalue weighted by atomic mass is 9.94. The minimum absolute atomic E-state index is 0.117. The van der Waals surface area contributed by atoms with Crippen LogP contribution in [0, 0.1) is 11.9 Å². The lowest BCUT2D eigenvalue weighted by molar-refractivity contribution is -0.119. The smallest absolute Gasteiger partial charge is 0.414 e. The number of benzene rings is 1. The number of rotatable bonds is 5. The standard InChI is InChI=1S/C22H23FN4O3/c1-14(28)24-10-19-12-27(21(29)30-19)17-4-2-15(3-5-17)22-8-16(22)11-26(13-22)18-6-7-20(23)25-9-18/h2-7,9,16,19H,8,10-13H2,1H3,(H,24,28)/t16?,19-,22?/m0/s1. The Kier molecular flexibility index (Phi) is 4.38. The molecule has 0 radical (unpaired) electrons. The number of ether oxygens (including phenoxy) is 1. The van der Waals surface area contributed by atoms with Crippen molar-refractivity contribution in [3.8, 4) is 0 Å². The molecule has 8 heteroatoms. The molecule has 3 atom stereocenters. The van der Waals surface area contributed by atoms with Gasteiger partial charge in [-0.15, -0.1) is 0 Å². The van der Waals surface area contributed by atoms with Crippen molar-refractivity contribution >= 4 is 23.4 Å². The summed E-state index contributed by atoms with van der Waals surface area (Å²) >= 11 is 0. The van der Waals surface area contributed by atoms with Gasteiger partial charge in [0.05, 0.1) is 25.0 Å². The molecule has 1 saturated carbocycles. The van der Waals surface area contributed by atoms with E-state index in [4.69, 9.17) is 4.74 Å². The Balaban J connectivity index is 1.26. The molecule has 3 aliphatic rings. The topological polar surface area (TPSA) is 74.8 Å². The highest BCUT2D eigenvalue weighted by Crippen LogP contribution is 2.59. The molecule has 2 aliphatic heterocycles. The van der Waals surface area contributed by atoms with E-state index in [-0.39, 0.29) is 17.4 Å². The third-order valence-electron chi connectivity index (χ3n) is 6.43. The van der Waals surface area contributed by atoms with E-state index in [0.29, 0.717) is 19.0 Å². The number of cyclic esters (lactones) is 1. The van der Waals surface area contributed by atoms with E-state index in [9.17, 15) is 14.0 Å². The maximum Gasteiger partial charge on any atom is 0.414 e. The Labute approximate surface area is 173 Å². The highest BCUT2D eigenvalue weighted by atomic mass is 19.1. The first-order valence-corrected chi connectivity index (χ1v) is 10.1. The Hall–Kier alpha value is -3.16. The molecule has 2 amide bonds. The molecule has 2 saturated heterocycles. The molecule has 2 aromatic rings. The fourth-order valence-corrected chi connectivity index (χ4v) is 4.75. The van der Waals surface area contributed by atoms with Crippen LogP contribution < -0.4 is 15.1 Å². The fourth-order valence-electron chi connectivity index (χ4n) is 4.75. The summed E-state index contributed by atoms with van der Waals surface area (Å²) in [6.45, 7) is 3.99. The molecule has 1 N–H and O–H groups in total. The van der Waals surface area contributed by atoms with Crippen molar-refractivity contribution in [2.24, 2.45) is 5.92 Å². The number of halogens is 1. The second-order valence-electron chi connectivity index (χ2n) is 8.38. The van der Waals surface area contributed by atoms with Crippen LogP contribution >= 0.6 is 0 Å². The molecule has 1 aromatic heterocycles. The van der Waals surface area contributed by atoms with Gasteiger partial charge in [0.1, 0.15) is 6.10 Å². The first-order chi connectivity index (χ1) is 14.4. The number of nitrogens with one attached hydrogen (secondary N) is 1. The summed E-state index contributed by atoms with van der Waals surface area (Å²) in [6.07, 6.45) is 1.99. The number of piperidine rings is 1.